The second kappa shape index (κ2) is 5.64. The number of nitrogens with one attached hydrogen (secondary N) is 1. The van der Waals surface area contributed by atoms with Crippen LogP contribution in [0, 0.1) is 5.82 Å². The van der Waals surface area contributed by atoms with E-state index in [-0.39, 0.29) is 12.0 Å². The molecule has 0 saturated carbocycles. The van der Waals surface area contributed by atoms with E-state index >= 15 is 0 Å². The molecule has 1 atom stereocenters. The van der Waals surface area contributed by atoms with Crippen LogP contribution in [0.4, 0.5) is 17.6 Å². The molecule has 7 heteroatoms. The molecule has 1 unspecified atom stereocenters. The molecule has 0 amide bonds. The molecular formula is C13H12F4N2O. The van der Waals surface area contributed by atoms with Gasteiger partial charge >= 0.3 is 6.18 Å². The Morgan fingerprint density at radius 3 is 2.55 bits per heavy atom. The van der Waals surface area contributed by atoms with Gasteiger partial charge in [0.15, 0.2) is 0 Å². The van der Waals surface area contributed by atoms with Gasteiger partial charge in [-0.3, -0.25) is 11.3 Å². The fourth-order valence-electron chi connectivity index (χ4n) is 1.94. The lowest BCUT2D eigenvalue weighted by molar-refractivity contribution is -0.140. The van der Waals surface area contributed by atoms with Gasteiger partial charge in [-0.05, 0) is 24.1 Å². The molecule has 0 spiro atoms. The molecule has 0 aliphatic carbocycles. The molecule has 3 N–H and O–H groups in total. The number of halogens is 4. The van der Waals surface area contributed by atoms with Crippen molar-refractivity contribution in [3.8, 4) is 0 Å². The third-order valence-corrected chi connectivity index (χ3v) is 2.93. The number of furan rings is 1. The molecule has 2 aromatic rings. The van der Waals surface area contributed by atoms with Crippen LogP contribution >= 0.6 is 0 Å². The van der Waals surface area contributed by atoms with E-state index < -0.39 is 23.6 Å². The third kappa shape index (κ3) is 3.00. The number of nitrogens with two attached hydrogens (primary N) is 1. The number of rotatable bonds is 4. The van der Waals surface area contributed by atoms with E-state index in [9.17, 15) is 17.6 Å². The van der Waals surface area contributed by atoms with Crippen molar-refractivity contribution in [1.29, 1.82) is 0 Å². The first-order chi connectivity index (χ1) is 9.43. The SMILES string of the molecule is NNC(Cc1ccoc1)c1cccc(C(F)(F)F)c1F. The summed E-state index contributed by atoms with van der Waals surface area (Å²) in [6.45, 7) is 0. The van der Waals surface area contributed by atoms with Crippen LogP contribution in [-0.4, -0.2) is 0 Å². The fourth-order valence-corrected chi connectivity index (χ4v) is 1.94. The Hall–Kier alpha value is -1.86. The molecule has 2 rings (SSSR count). The van der Waals surface area contributed by atoms with Crippen LogP contribution in [0.25, 0.3) is 0 Å². The van der Waals surface area contributed by atoms with Crippen molar-refractivity contribution in [1.82, 2.24) is 5.43 Å². The zero-order valence-electron chi connectivity index (χ0n) is 10.2. The maximum atomic E-state index is 14.0. The van der Waals surface area contributed by atoms with Gasteiger partial charge in [0.05, 0.1) is 24.1 Å². The molecule has 20 heavy (non-hydrogen) atoms. The minimum Gasteiger partial charge on any atom is -0.472 e. The van der Waals surface area contributed by atoms with Crippen LogP contribution in [0.15, 0.2) is 41.2 Å². The Kier molecular flexibility index (Phi) is 4.10. The average Bonchev–Trinajstić information content (AvgIpc) is 2.88. The van der Waals surface area contributed by atoms with Gasteiger partial charge < -0.3 is 4.42 Å². The fraction of sp³-hybridized carbons (Fsp3) is 0.231. The van der Waals surface area contributed by atoms with Crippen molar-refractivity contribution in [2.45, 2.75) is 18.6 Å². The predicted octanol–water partition coefficient (Wildman–Crippen LogP) is 3.18. The Balaban J connectivity index is 2.35. The first-order valence-corrected chi connectivity index (χ1v) is 5.76. The van der Waals surface area contributed by atoms with Crippen molar-refractivity contribution in [3.63, 3.8) is 0 Å². The number of alkyl halides is 3. The minimum atomic E-state index is -4.74. The molecule has 1 aromatic carbocycles. The second-order valence-electron chi connectivity index (χ2n) is 4.26. The van der Waals surface area contributed by atoms with Crippen molar-refractivity contribution in [2.75, 3.05) is 0 Å². The zero-order valence-corrected chi connectivity index (χ0v) is 10.2. The molecule has 0 bridgehead atoms. The summed E-state index contributed by atoms with van der Waals surface area (Å²) in [7, 11) is 0. The Morgan fingerprint density at radius 2 is 2.00 bits per heavy atom. The molecule has 0 saturated heterocycles. The first kappa shape index (κ1) is 14.5. The van der Waals surface area contributed by atoms with E-state index in [0.29, 0.717) is 11.6 Å². The topological polar surface area (TPSA) is 51.2 Å². The summed E-state index contributed by atoms with van der Waals surface area (Å²) in [5.74, 6) is 4.01. The van der Waals surface area contributed by atoms with Gasteiger partial charge in [-0.2, -0.15) is 13.2 Å². The normalized spacial score (nSPS) is 13.4. The highest BCUT2D eigenvalue weighted by molar-refractivity contribution is 5.31. The lowest BCUT2D eigenvalue weighted by Crippen LogP contribution is -2.30. The highest BCUT2D eigenvalue weighted by Crippen LogP contribution is 2.34. The smallest absolute Gasteiger partial charge is 0.419 e. The maximum absolute atomic E-state index is 14.0. The van der Waals surface area contributed by atoms with Gasteiger partial charge in [-0.1, -0.05) is 12.1 Å². The molecule has 0 aliphatic rings. The molecular weight excluding hydrogens is 276 g/mol. The lowest BCUT2D eigenvalue weighted by Gasteiger charge is -2.18. The van der Waals surface area contributed by atoms with E-state index in [1.165, 1.54) is 18.6 Å². The van der Waals surface area contributed by atoms with Crippen LogP contribution in [0.1, 0.15) is 22.7 Å². The van der Waals surface area contributed by atoms with E-state index in [1.54, 1.807) is 6.07 Å². The van der Waals surface area contributed by atoms with Gasteiger partial charge in [0.25, 0.3) is 0 Å². The van der Waals surface area contributed by atoms with Crippen LogP contribution in [0.5, 0.6) is 0 Å². The zero-order chi connectivity index (χ0) is 14.8. The van der Waals surface area contributed by atoms with Crippen molar-refractivity contribution < 1.29 is 22.0 Å². The largest absolute Gasteiger partial charge is 0.472 e. The Bertz CT molecular complexity index is 566. The summed E-state index contributed by atoms with van der Waals surface area (Å²) >= 11 is 0. The van der Waals surface area contributed by atoms with Crippen LogP contribution in [-0.2, 0) is 12.6 Å². The molecule has 1 heterocycles. The Labute approximate surface area is 112 Å². The van der Waals surface area contributed by atoms with Gasteiger partial charge in [0, 0.05) is 5.56 Å². The number of benzene rings is 1. The van der Waals surface area contributed by atoms with Crippen LogP contribution in [0.3, 0.4) is 0 Å². The number of hydrogen-bond donors (Lipinski definition) is 2. The van der Waals surface area contributed by atoms with Gasteiger partial charge in [0.2, 0.25) is 0 Å². The lowest BCUT2D eigenvalue weighted by atomic mass is 9.98. The number of hydrogen-bond acceptors (Lipinski definition) is 3. The van der Waals surface area contributed by atoms with E-state index in [2.05, 4.69) is 5.43 Å². The van der Waals surface area contributed by atoms with Crippen LogP contribution in [0.2, 0.25) is 0 Å². The first-order valence-electron chi connectivity index (χ1n) is 5.76. The predicted molar refractivity (Wildman–Crippen MR) is 63.9 cm³/mol. The van der Waals surface area contributed by atoms with Crippen molar-refractivity contribution >= 4 is 0 Å². The van der Waals surface area contributed by atoms with Gasteiger partial charge in [-0.15, -0.1) is 0 Å². The molecule has 3 nitrogen and oxygen atoms in total. The Morgan fingerprint density at radius 1 is 1.25 bits per heavy atom. The average molecular weight is 288 g/mol. The standard InChI is InChI=1S/C13H12F4N2O/c14-12-9(2-1-3-10(12)13(15,16)17)11(19-18)6-8-4-5-20-7-8/h1-5,7,11,19H,6,18H2. The highest BCUT2D eigenvalue weighted by atomic mass is 19.4. The van der Waals surface area contributed by atoms with E-state index in [0.717, 1.165) is 6.07 Å². The monoisotopic (exact) mass is 288 g/mol. The third-order valence-electron chi connectivity index (χ3n) is 2.93. The highest BCUT2D eigenvalue weighted by Gasteiger charge is 2.35. The summed E-state index contributed by atoms with van der Waals surface area (Å²) in [6, 6.07) is 3.98. The van der Waals surface area contributed by atoms with Gasteiger partial charge in [0.1, 0.15) is 5.82 Å². The quantitative estimate of drug-likeness (QED) is 0.516. The van der Waals surface area contributed by atoms with E-state index in [4.69, 9.17) is 10.3 Å². The summed E-state index contributed by atoms with van der Waals surface area (Å²) in [5.41, 5.74) is 1.59. The summed E-state index contributed by atoms with van der Waals surface area (Å²) in [5, 5.41) is 0. The van der Waals surface area contributed by atoms with Gasteiger partial charge in [-0.25, -0.2) is 4.39 Å². The molecule has 0 fully saturated rings. The van der Waals surface area contributed by atoms with Crippen LogP contribution < -0.4 is 11.3 Å². The molecule has 1 aromatic heterocycles. The molecule has 0 radical (unpaired) electrons. The van der Waals surface area contributed by atoms with Crippen molar-refractivity contribution in [2.24, 2.45) is 5.84 Å². The summed E-state index contributed by atoms with van der Waals surface area (Å²) < 4.78 is 56.9. The molecule has 0 aliphatic heterocycles. The maximum Gasteiger partial charge on any atom is 0.419 e. The second-order valence-corrected chi connectivity index (χ2v) is 4.26. The van der Waals surface area contributed by atoms with E-state index in [1.807, 2.05) is 0 Å². The van der Waals surface area contributed by atoms with Crippen molar-refractivity contribution in [3.05, 3.63) is 59.3 Å². The molecule has 108 valence electrons. The number of hydrazine groups is 1. The summed E-state index contributed by atoms with van der Waals surface area (Å²) in [4.78, 5) is 0. The minimum absolute atomic E-state index is 0.136. The summed E-state index contributed by atoms with van der Waals surface area (Å²) in [6.07, 6.45) is -1.68.